The first kappa shape index (κ1) is 17.5. The first-order valence-corrected chi connectivity index (χ1v) is 10.3. The fourth-order valence-corrected chi connectivity index (χ4v) is 4.02. The molecule has 5 rings (SSSR count). The van der Waals surface area contributed by atoms with Gasteiger partial charge in [-0.15, -0.1) is 0 Å². The molecule has 0 saturated heterocycles. The zero-order chi connectivity index (χ0) is 19.5. The highest BCUT2D eigenvalue weighted by molar-refractivity contribution is 7.09. The molecule has 0 spiro atoms. The fraction of sp³-hybridized carbons (Fsp3) is 0. The summed E-state index contributed by atoms with van der Waals surface area (Å²) in [6.07, 6.45) is 0. The van der Waals surface area contributed by atoms with Crippen molar-refractivity contribution in [1.29, 1.82) is 0 Å². The quantitative estimate of drug-likeness (QED) is 0.324. The van der Waals surface area contributed by atoms with Gasteiger partial charge in [-0.3, -0.25) is 0 Å². The number of hydrogen-bond donors (Lipinski definition) is 0. The van der Waals surface area contributed by atoms with Crippen LogP contribution in [0.2, 0.25) is 0 Å². The normalized spacial score (nSPS) is 10.8. The molecule has 0 atom stereocenters. The average Bonchev–Trinajstić information content (AvgIpc) is 3.31. The molecule has 0 N–H and O–H groups in total. The molecule has 4 aromatic carbocycles. The molecule has 3 heteroatoms. The van der Waals surface area contributed by atoms with E-state index in [4.69, 9.17) is 4.98 Å². The van der Waals surface area contributed by atoms with Crippen LogP contribution in [-0.4, -0.2) is 9.36 Å². The van der Waals surface area contributed by atoms with Crippen molar-refractivity contribution in [1.82, 2.24) is 9.36 Å². The van der Waals surface area contributed by atoms with Crippen LogP contribution >= 0.6 is 11.5 Å². The average molecular weight is 391 g/mol. The van der Waals surface area contributed by atoms with Crippen LogP contribution in [0.3, 0.4) is 0 Å². The van der Waals surface area contributed by atoms with Crippen molar-refractivity contribution >= 4 is 11.5 Å². The minimum Gasteiger partial charge on any atom is -0.215 e. The predicted molar refractivity (Wildman–Crippen MR) is 122 cm³/mol. The Kier molecular flexibility index (Phi) is 4.73. The van der Waals surface area contributed by atoms with E-state index in [0.717, 1.165) is 22.0 Å². The predicted octanol–water partition coefficient (Wildman–Crippen LogP) is 7.21. The van der Waals surface area contributed by atoms with Gasteiger partial charge in [-0.05, 0) is 33.8 Å². The molecule has 1 aromatic heterocycles. The van der Waals surface area contributed by atoms with Crippen LogP contribution in [0.15, 0.2) is 109 Å². The molecule has 29 heavy (non-hydrogen) atoms. The maximum atomic E-state index is 4.71. The second-order valence-electron chi connectivity index (χ2n) is 6.81. The van der Waals surface area contributed by atoms with E-state index in [0.29, 0.717) is 0 Å². The van der Waals surface area contributed by atoms with Gasteiger partial charge in [0.1, 0.15) is 5.01 Å². The molecule has 2 nitrogen and oxygen atoms in total. The summed E-state index contributed by atoms with van der Waals surface area (Å²) in [7, 11) is 0. The summed E-state index contributed by atoms with van der Waals surface area (Å²) in [6.45, 7) is 0. The van der Waals surface area contributed by atoms with E-state index in [9.17, 15) is 0 Å². The molecule has 0 aliphatic carbocycles. The maximum absolute atomic E-state index is 4.71. The minimum absolute atomic E-state index is 0.778. The van der Waals surface area contributed by atoms with E-state index < -0.39 is 0 Å². The van der Waals surface area contributed by atoms with Gasteiger partial charge in [0.05, 0.1) is 0 Å². The third kappa shape index (κ3) is 3.73. The lowest BCUT2D eigenvalue weighted by Crippen LogP contribution is -1.83. The van der Waals surface area contributed by atoms with E-state index in [1.165, 1.54) is 33.8 Å². The van der Waals surface area contributed by atoms with E-state index in [-0.39, 0.29) is 0 Å². The van der Waals surface area contributed by atoms with Crippen LogP contribution in [0.25, 0.3) is 44.2 Å². The number of hydrogen-bond acceptors (Lipinski definition) is 3. The van der Waals surface area contributed by atoms with E-state index in [2.05, 4.69) is 89.3 Å². The first-order valence-electron chi connectivity index (χ1n) is 9.52. The first-order chi connectivity index (χ1) is 14.4. The Hall–Kier alpha value is -3.56. The lowest BCUT2D eigenvalue weighted by Gasteiger charge is -2.06. The van der Waals surface area contributed by atoms with Crippen molar-refractivity contribution in [2.45, 2.75) is 0 Å². The summed E-state index contributed by atoms with van der Waals surface area (Å²) < 4.78 is 4.54. The van der Waals surface area contributed by atoms with Crippen LogP contribution in [0, 0.1) is 0 Å². The van der Waals surface area contributed by atoms with Crippen molar-refractivity contribution in [3.63, 3.8) is 0 Å². The zero-order valence-electron chi connectivity index (χ0n) is 15.7. The Balaban J connectivity index is 1.37. The largest absolute Gasteiger partial charge is 0.215 e. The lowest BCUT2D eigenvalue weighted by atomic mass is 9.99. The molecule has 0 aliphatic rings. The SMILES string of the molecule is c1ccc(-c2ccc(-c3ccc(-c4nsc(-c5ccccc5)n4)cc3)cc2)cc1. The minimum atomic E-state index is 0.778. The van der Waals surface area contributed by atoms with Crippen molar-refractivity contribution in [2.75, 3.05) is 0 Å². The highest BCUT2D eigenvalue weighted by Crippen LogP contribution is 2.29. The number of rotatable bonds is 4. The summed E-state index contributed by atoms with van der Waals surface area (Å²) in [4.78, 5) is 4.71. The van der Waals surface area contributed by atoms with Gasteiger partial charge in [-0.25, -0.2) is 4.98 Å². The van der Waals surface area contributed by atoms with Crippen LogP contribution in [0.5, 0.6) is 0 Å². The molecule has 0 unspecified atom stereocenters. The number of benzene rings is 4. The summed E-state index contributed by atoms with van der Waals surface area (Å²) in [6, 6.07) is 37.8. The van der Waals surface area contributed by atoms with Crippen molar-refractivity contribution in [3.8, 4) is 44.2 Å². The standard InChI is InChI=1S/C26H18N2S/c1-3-7-19(8-4-1)20-11-13-21(14-12-20)22-15-17-23(18-16-22)25-27-26(29-28-25)24-9-5-2-6-10-24/h1-18H. The molecule has 0 bridgehead atoms. The van der Waals surface area contributed by atoms with Crippen LogP contribution < -0.4 is 0 Å². The Labute approximate surface area is 174 Å². The topological polar surface area (TPSA) is 25.8 Å². The van der Waals surface area contributed by atoms with Crippen molar-refractivity contribution < 1.29 is 0 Å². The molecule has 0 amide bonds. The third-order valence-electron chi connectivity index (χ3n) is 4.92. The van der Waals surface area contributed by atoms with Gasteiger partial charge in [0, 0.05) is 11.1 Å². The van der Waals surface area contributed by atoms with Crippen molar-refractivity contribution in [3.05, 3.63) is 109 Å². The van der Waals surface area contributed by atoms with E-state index >= 15 is 0 Å². The molecule has 0 fully saturated rings. The molecule has 5 aromatic rings. The Morgan fingerprint density at radius 3 is 1.34 bits per heavy atom. The smallest absolute Gasteiger partial charge is 0.173 e. The van der Waals surface area contributed by atoms with Gasteiger partial charge < -0.3 is 0 Å². The van der Waals surface area contributed by atoms with Gasteiger partial charge in [0.2, 0.25) is 0 Å². The summed E-state index contributed by atoms with van der Waals surface area (Å²) in [5.41, 5.74) is 6.99. The summed E-state index contributed by atoms with van der Waals surface area (Å²) in [5.74, 6) is 0.778. The second kappa shape index (κ2) is 7.82. The summed E-state index contributed by atoms with van der Waals surface area (Å²) >= 11 is 1.44. The fourth-order valence-electron chi connectivity index (χ4n) is 3.34. The third-order valence-corrected chi connectivity index (χ3v) is 5.68. The molecule has 1 heterocycles. The Bertz CT molecular complexity index is 1210. The van der Waals surface area contributed by atoms with Gasteiger partial charge >= 0.3 is 0 Å². The maximum Gasteiger partial charge on any atom is 0.173 e. The molecule has 0 radical (unpaired) electrons. The molecular weight excluding hydrogens is 372 g/mol. The molecule has 0 saturated carbocycles. The van der Waals surface area contributed by atoms with Crippen LogP contribution in [0.1, 0.15) is 0 Å². The highest BCUT2D eigenvalue weighted by Gasteiger charge is 2.09. The monoisotopic (exact) mass is 390 g/mol. The van der Waals surface area contributed by atoms with E-state index in [1.54, 1.807) is 0 Å². The van der Waals surface area contributed by atoms with Gasteiger partial charge in [-0.1, -0.05) is 109 Å². The molecular formula is C26H18N2S. The summed E-state index contributed by atoms with van der Waals surface area (Å²) in [5, 5.41) is 0.946. The van der Waals surface area contributed by atoms with Gasteiger partial charge in [0.25, 0.3) is 0 Å². The Morgan fingerprint density at radius 1 is 0.414 bits per heavy atom. The number of nitrogens with zero attached hydrogens (tertiary/aromatic N) is 2. The van der Waals surface area contributed by atoms with E-state index in [1.807, 2.05) is 24.3 Å². The molecule has 0 aliphatic heterocycles. The zero-order valence-corrected chi connectivity index (χ0v) is 16.5. The number of aromatic nitrogens is 2. The second-order valence-corrected chi connectivity index (χ2v) is 7.56. The molecule has 138 valence electrons. The van der Waals surface area contributed by atoms with Crippen molar-refractivity contribution in [2.24, 2.45) is 0 Å². The van der Waals surface area contributed by atoms with Crippen LogP contribution in [-0.2, 0) is 0 Å². The highest BCUT2D eigenvalue weighted by atomic mass is 32.1. The Morgan fingerprint density at radius 2 is 0.828 bits per heavy atom. The van der Waals surface area contributed by atoms with Gasteiger partial charge in [0.15, 0.2) is 5.82 Å². The van der Waals surface area contributed by atoms with Gasteiger partial charge in [-0.2, -0.15) is 4.37 Å². The van der Waals surface area contributed by atoms with Crippen LogP contribution in [0.4, 0.5) is 0 Å². The lowest BCUT2D eigenvalue weighted by molar-refractivity contribution is 1.32.